The molecule has 6 N–H and O–H groups in total. The van der Waals surface area contributed by atoms with Gasteiger partial charge < -0.3 is 22.1 Å². The highest BCUT2D eigenvalue weighted by atomic mass is 16.2. The molecule has 104 valence electrons. The Kier molecular flexibility index (Phi) is 11.1. The second-order valence-electron chi connectivity index (χ2n) is 3.91. The maximum Gasteiger partial charge on any atom is 0.244 e. The Hall–Kier alpha value is -1.40. The molecule has 0 saturated heterocycles. The van der Waals surface area contributed by atoms with Gasteiger partial charge in [0.25, 0.3) is 0 Å². The second-order valence-corrected chi connectivity index (χ2v) is 3.91. The summed E-state index contributed by atoms with van der Waals surface area (Å²) in [6.45, 7) is 2.41. The van der Waals surface area contributed by atoms with Crippen molar-refractivity contribution in [3.05, 3.63) is 12.2 Å². The molecule has 0 unspecified atom stereocenters. The van der Waals surface area contributed by atoms with Crippen molar-refractivity contribution in [1.29, 1.82) is 0 Å². The number of nitrogens with one attached hydrogen (secondary N) is 2. The van der Waals surface area contributed by atoms with Crippen LogP contribution in [0, 0.1) is 0 Å². The fourth-order valence-electron chi connectivity index (χ4n) is 1.23. The fourth-order valence-corrected chi connectivity index (χ4v) is 1.23. The van der Waals surface area contributed by atoms with Crippen LogP contribution in [0.25, 0.3) is 0 Å². The van der Waals surface area contributed by atoms with Gasteiger partial charge in [-0.2, -0.15) is 0 Å². The largest absolute Gasteiger partial charge is 0.353 e. The minimum absolute atomic E-state index is 0.260. The van der Waals surface area contributed by atoms with Crippen molar-refractivity contribution in [2.75, 3.05) is 26.2 Å². The molecule has 0 aromatic heterocycles. The number of unbranched alkanes of at least 4 members (excludes halogenated alkanes) is 2. The Morgan fingerprint density at radius 3 is 1.50 bits per heavy atom. The van der Waals surface area contributed by atoms with Crippen LogP contribution in [0.3, 0.4) is 0 Å². The van der Waals surface area contributed by atoms with E-state index >= 15 is 0 Å². The van der Waals surface area contributed by atoms with E-state index in [1.165, 1.54) is 12.2 Å². The summed E-state index contributed by atoms with van der Waals surface area (Å²) in [7, 11) is 0. The molecule has 2 amide bonds. The smallest absolute Gasteiger partial charge is 0.244 e. The molecular formula is C12H24N4O2. The Balaban J connectivity index is 3.58. The van der Waals surface area contributed by atoms with Crippen LogP contribution < -0.4 is 22.1 Å². The minimum atomic E-state index is -0.260. The zero-order valence-electron chi connectivity index (χ0n) is 10.8. The summed E-state index contributed by atoms with van der Waals surface area (Å²) in [6.07, 6.45) is 5.93. The van der Waals surface area contributed by atoms with Gasteiger partial charge in [0.2, 0.25) is 11.8 Å². The van der Waals surface area contributed by atoms with Gasteiger partial charge in [0.05, 0.1) is 0 Å². The van der Waals surface area contributed by atoms with E-state index in [1.807, 2.05) is 0 Å². The van der Waals surface area contributed by atoms with Crippen molar-refractivity contribution in [3.63, 3.8) is 0 Å². The third kappa shape index (κ3) is 11.1. The number of hydrogen-bond acceptors (Lipinski definition) is 4. The van der Waals surface area contributed by atoms with Crippen molar-refractivity contribution < 1.29 is 9.59 Å². The number of nitrogens with two attached hydrogens (primary N) is 2. The molecule has 18 heavy (non-hydrogen) atoms. The summed E-state index contributed by atoms with van der Waals surface area (Å²) >= 11 is 0. The van der Waals surface area contributed by atoms with E-state index in [-0.39, 0.29) is 11.8 Å². The average Bonchev–Trinajstić information content (AvgIpc) is 2.37. The van der Waals surface area contributed by atoms with Crippen LogP contribution in [0.2, 0.25) is 0 Å². The Morgan fingerprint density at radius 2 is 1.17 bits per heavy atom. The Morgan fingerprint density at radius 1 is 0.778 bits per heavy atom. The summed E-state index contributed by atoms with van der Waals surface area (Å²) in [5.41, 5.74) is 10.6. The van der Waals surface area contributed by atoms with E-state index in [0.29, 0.717) is 26.2 Å². The predicted molar refractivity (Wildman–Crippen MR) is 71.7 cm³/mol. The first kappa shape index (κ1) is 16.6. The summed E-state index contributed by atoms with van der Waals surface area (Å²) in [4.78, 5) is 22.5. The molecule has 0 fully saturated rings. The lowest BCUT2D eigenvalue weighted by molar-refractivity contribution is -0.118. The molecule has 0 spiro atoms. The zero-order chi connectivity index (χ0) is 13.6. The molecule has 0 saturated carbocycles. The molecule has 0 radical (unpaired) electrons. The van der Waals surface area contributed by atoms with E-state index in [0.717, 1.165) is 25.7 Å². The van der Waals surface area contributed by atoms with Gasteiger partial charge in [0.1, 0.15) is 0 Å². The Labute approximate surface area is 108 Å². The van der Waals surface area contributed by atoms with Crippen LogP contribution in [0.4, 0.5) is 0 Å². The number of rotatable bonds is 10. The van der Waals surface area contributed by atoms with Crippen molar-refractivity contribution in [3.8, 4) is 0 Å². The van der Waals surface area contributed by atoms with Gasteiger partial charge in [-0.15, -0.1) is 0 Å². The number of hydrogen-bond donors (Lipinski definition) is 4. The number of amides is 2. The SMILES string of the molecule is NCCCCNC(=O)/C=C\C(=O)NCCCCN. The Bertz CT molecular complexity index is 241. The topological polar surface area (TPSA) is 110 Å². The molecule has 0 heterocycles. The summed E-state index contributed by atoms with van der Waals surface area (Å²) < 4.78 is 0. The van der Waals surface area contributed by atoms with Crippen molar-refractivity contribution in [1.82, 2.24) is 10.6 Å². The van der Waals surface area contributed by atoms with Crippen LogP contribution >= 0.6 is 0 Å². The van der Waals surface area contributed by atoms with Crippen LogP contribution in [0.5, 0.6) is 0 Å². The highest BCUT2D eigenvalue weighted by Crippen LogP contribution is 1.85. The molecule has 0 aromatic rings. The van der Waals surface area contributed by atoms with Crippen molar-refractivity contribution in [2.45, 2.75) is 25.7 Å². The van der Waals surface area contributed by atoms with Gasteiger partial charge >= 0.3 is 0 Å². The average molecular weight is 256 g/mol. The molecule has 0 aliphatic rings. The van der Waals surface area contributed by atoms with Crippen LogP contribution in [-0.4, -0.2) is 38.0 Å². The lowest BCUT2D eigenvalue weighted by atomic mass is 10.3. The molecule has 0 aliphatic heterocycles. The van der Waals surface area contributed by atoms with E-state index in [2.05, 4.69) is 10.6 Å². The lowest BCUT2D eigenvalue weighted by Gasteiger charge is -2.01. The monoisotopic (exact) mass is 256 g/mol. The van der Waals surface area contributed by atoms with Gasteiger partial charge in [-0.25, -0.2) is 0 Å². The highest BCUT2D eigenvalue weighted by Gasteiger charge is 1.97. The van der Waals surface area contributed by atoms with Crippen LogP contribution in [0.1, 0.15) is 25.7 Å². The standard InChI is InChI=1S/C12H24N4O2/c13-7-1-3-9-15-11(17)5-6-12(18)16-10-4-2-8-14/h5-6H,1-4,7-10,13-14H2,(H,15,17)(H,16,18)/b6-5-. The molecule has 6 heteroatoms. The number of carbonyl (C=O) groups excluding carboxylic acids is 2. The molecule has 0 bridgehead atoms. The van der Waals surface area contributed by atoms with Gasteiger partial charge in [0.15, 0.2) is 0 Å². The van der Waals surface area contributed by atoms with Gasteiger partial charge in [-0.05, 0) is 38.8 Å². The summed E-state index contributed by atoms with van der Waals surface area (Å²) in [5, 5.41) is 5.34. The maximum atomic E-state index is 11.3. The lowest BCUT2D eigenvalue weighted by Crippen LogP contribution is -2.25. The molecular weight excluding hydrogens is 232 g/mol. The van der Waals surface area contributed by atoms with Gasteiger partial charge in [-0.1, -0.05) is 0 Å². The fraction of sp³-hybridized carbons (Fsp3) is 0.667. The first-order chi connectivity index (χ1) is 8.70. The van der Waals surface area contributed by atoms with Gasteiger partial charge in [-0.3, -0.25) is 9.59 Å². The zero-order valence-corrected chi connectivity index (χ0v) is 10.8. The first-order valence-electron chi connectivity index (χ1n) is 6.34. The normalized spacial score (nSPS) is 10.6. The minimum Gasteiger partial charge on any atom is -0.353 e. The summed E-state index contributed by atoms with van der Waals surface area (Å²) in [6, 6.07) is 0. The van der Waals surface area contributed by atoms with E-state index in [9.17, 15) is 9.59 Å². The second kappa shape index (κ2) is 12.1. The molecule has 0 aliphatic carbocycles. The number of carbonyl (C=O) groups is 2. The summed E-state index contributed by atoms with van der Waals surface area (Å²) in [5.74, 6) is -0.520. The quantitative estimate of drug-likeness (QED) is 0.304. The highest BCUT2D eigenvalue weighted by molar-refractivity contribution is 5.96. The predicted octanol–water partition coefficient (Wildman–Crippen LogP) is -0.747. The van der Waals surface area contributed by atoms with E-state index in [1.54, 1.807) is 0 Å². The van der Waals surface area contributed by atoms with Crippen LogP contribution in [-0.2, 0) is 9.59 Å². The molecule has 6 nitrogen and oxygen atoms in total. The maximum absolute atomic E-state index is 11.3. The van der Waals surface area contributed by atoms with Crippen molar-refractivity contribution in [2.24, 2.45) is 11.5 Å². The molecule has 0 aromatic carbocycles. The van der Waals surface area contributed by atoms with Gasteiger partial charge in [0, 0.05) is 25.2 Å². The molecule has 0 rings (SSSR count). The van der Waals surface area contributed by atoms with Crippen molar-refractivity contribution >= 4 is 11.8 Å². The first-order valence-corrected chi connectivity index (χ1v) is 6.34. The third-order valence-electron chi connectivity index (χ3n) is 2.25. The van der Waals surface area contributed by atoms with Crippen LogP contribution in [0.15, 0.2) is 12.2 Å². The molecule has 0 atom stereocenters. The van der Waals surface area contributed by atoms with E-state index in [4.69, 9.17) is 11.5 Å². The third-order valence-corrected chi connectivity index (χ3v) is 2.25. The van der Waals surface area contributed by atoms with E-state index < -0.39 is 0 Å².